The van der Waals surface area contributed by atoms with Crippen LogP contribution in [0.25, 0.3) is 0 Å². The largest absolute Gasteiger partial charge is 0.478 e. The van der Waals surface area contributed by atoms with Crippen LogP contribution in [0, 0.1) is 0 Å². The molecule has 0 aromatic heterocycles. The first kappa shape index (κ1) is 39.6. The predicted octanol–water partition coefficient (Wildman–Crippen LogP) is 7.33. The maximum Gasteiger partial charge on any atom is 0.413 e. The number of carbonyl (C=O) groups is 3. The number of aliphatic hydroxyl groups excluding tert-OH is 1. The summed E-state index contributed by atoms with van der Waals surface area (Å²) < 4.78 is 50.3. The van der Waals surface area contributed by atoms with Crippen LogP contribution in [0.2, 0.25) is 0 Å². The van der Waals surface area contributed by atoms with Gasteiger partial charge in [0.05, 0.1) is 24.3 Å². The number of ether oxygens (including phenoxy) is 4. The highest BCUT2D eigenvalue weighted by Gasteiger charge is 2.53. The Hall–Kier alpha value is -3.81. The molecule has 2 aromatic carbocycles. The highest BCUT2D eigenvalue weighted by molar-refractivity contribution is 5.87. The topological polar surface area (TPSA) is 135 Å². The van der Waals surface area contributed by atoms with Gasteiger partial charge < -0.3 is 29.2 Å². The summed E-state index contributed by atoms with van der Waals surface area (Å²) in [7, 11) is 0. The molecule has 0 spiro atoms. The van der Waals surface area contributed by atoms with Crippen molar-refractivity contribution in [2.75, 3.05) is 13.3 Å². The number of carboxylic acids is 1. The van der Waals surface area contributed by atoms with Crippen LogP contribution in [0.3, 0.4) is 0 Å². The summed E-state index contributed by atoms with van der Waals surface area (Å²) in [6, 6.07) is 11.5. The van der Waals surface area contributed by atoms with E-state index in [-0.39, 0.29) is 12.2 Å². The molecule has 11 nitrogen and oxygen atoms in total. The quantitative estimate of drug-likeness (QED) is 0.319. The number of aliphatic hydroxyl groups is 1. The van der Waals surface area contributed by atoms with Gasteiger partial charge in [0.15, 0.2) is 0 Å². The summed E-state index contributed by atoms with van der Waals surface area (Å²) in [5.41, 5.74) is -1.18. The van der Waals surface area contributed by atoms with Gasteiger partial charge in [-0.3, -0.25) is 9.80 Å². The van der Waals surface area contributed by atoms with E-state index in [1.807, 2.05) is 0 Å². The number of hydrogen-bond donors (Lipinski definition) is 2. The summed E-state index contributed by atoms with van der Waals surface area (Å²) in [6.07, 6.45) is -2.55. The average Bonchev–Trinajstić information content (AvgIpc) is 3.43. The Balaban J connectivity index is 0.000000266. The predicted molar refractivity (Wildman–Crippen MR) is 177 cm³/mol. The molecule has 272 valence electrons. The van der Waals surface area contributed by atoms with E-state index in [2.05, 4.69) is 0 Å². The van der Waals surface area contributed by atoms with Gasteiger partial charge in [-0.1, -0.05) is 36.4 Å². The number of carbonyl (C=O) groups excluding carboxylic acids is 2. The number of aromatic carboxylic acids is 1. The zero-order valence-electron chi connectivity index (χ0n) is 30.0. The number of nitrogens with zero attached hydrogens (tertiary/aromatic N) is 2. The fourth-order valence-corrected chi connectivity index (χ4v) is 5.80. The van der Waals surface area contributed by atoms with E-state index in [0.29, 0.717) is 5.56 Å². The fraction of sp³-hybridized carbons (Fsp3) is 0.583. The highest BCUT2D eigenvalue weighted by Crippen LogP contribution is 2.43. The maximum atomic E-state index is 13.8. The number of carboxylic acid groups (broad SMARTS) is 1. The number of hydrogen-bond acceptors (Lipinski definition) is 8. The van der Waals surface area contributed by atoms with Crippen molar-refractivity contribution in [1.82, 2.24) is 9.80 Å². The third kappa shape index (κ3) is 9.67. The van der Waals surface area contributed by atoms with Gasteiger partial charge in [-0.25, -0.2) is 23.2 Å². The van der Waals surface area contributed by atoms with E-state index in [1.165, 1.54) is 21.9 Å². The van der Waals surface area contributed by atoms with Gasteiger partial charge in [0.1, 0.15) is 48.2 Å². The molecule has 2 aromatic rings. The van der Waals surface area contributed by atoms with E-state index in [9.17, 15) is 23.2 Å². The molecule has 49 heavy (non-hydrogen) atoms. The van der Waals surface area contributed by atoms with Crippen LogP contribution < -0.4 is 0 Å². The lowest BCUT2D eigenvalue weighted by molar-refractivity contribution is -0.0807. The molecule has 0 saturated carbocycles. The molecule has 2 N–H and O–H groups in total. The van der Waals surface area contributed by atoms with Crippen LogP contribution in [0.15, 0.2) is 48.5 Å². The summed E-state index contributed by atoms with van der Waals surface area (Å²) in [4.78, 5) is 38.7. The Morgan fingerprint density at radius 3 is 1.35 bits per heavy atom. The van der Waals surface area contributed by atoms with Gasteiger partial charge in [-0.15, -0.1) is 0 Å². The lowest BCUT2D eigenvalue weighted by atomic mass is 10.0. The van der Waals surface area contributed by atoms with Crippen molar-refractivity contribution in [1.29, 1.82) is 0 Å². The minimum absolute atomic E-state index is 0.0616. The van der Waals surface area contributed by atoms with Gasteiger partial charge >= 0.3 is 18.2 Å². The maximum absolute atomic E-state index is 13.8. The molecule has 0 unspecified atom stereocenters. The molecule has 4 atom stereocenters. The fourth-order valence-electron chi connectivity index (χ4n) is 5.80. The lowest BCUT2D eigenvalue weighted by Gasteiger charge is -2.34. The Morgan fingerprint density at radius 2 is 1.06 bits per heavy atom. The van der Waals surface area contributed by atoms with Crippen molar-refractivity contribution in [3.8, 4) is 0 Å². The molecule has 2 heterocycles. The van der Waals surface area contributed by atoms with Gasteiger partial charge in [-0.05, 0) is 98.1 Å². The molecular formula is C36H50F2N2O9. The molecule has 13 heteroatoms. The van der Waals surface area contributed by atoms with Crippen LogP contribution in [-0.2, 0) is 25.6 Å². The zero-order valence-corrected chi connectivity index (χ0v) is 30.0. The molecule has 2 aliphatic rings. The van der Waals surface area contributed by atoms with Gasteiger partial charge in [0, 0.05) is 0 Å². The van der Waals surface area contributed by atoms with Crippen LogP contribution in [0.5, 0.6) is 0 Å². The van der Waals surface area contributed by atoms with Gasteiger partial charge in [0.2, 0.25) is 0 Å². The van der Waals surface area contributed by atoms with E-state index in [0.717, 1.165) is 11.1 Å². The Labute approximate surface area is 287 Å². The number of halogens is 2. The van der Waals surface area contributed by atoms with Gasteiger partial charge in [-0.2, -0.15) is 0 Å². The van der Waals surface area contributed by atoms with Crippen LogP contribution in [0.4, 0.5) is 18.4 Å². The van der Waals surface area contributed by atoms with Crippen LogP contribution >= 0.6 is 0 Å². The molecule has 2 amide bonds. The smallest absolute Gasteiger partial charge is 0.413 e. The molecule has 0 aliphatic carbocycles. The van der Waals surface area contributed by atoms with E-state index in [4.69, 9.17) is 29.2 Å². The molecule has 2 aliphatic heterocycles. The highest BCUT2D eigenvalue weighted by atomic mass is 19.1. The Kier molecular flexibility index (Phi) is 12.1. The van der Waals surface area contributed by atoms with Crippen molar-refractivity contribution in [2.45, 2.75) is 123 Å². The summed E-state index contributed by atoms with van der Waals surface area (Å²) in [6.45, 7) is 15.7. The second-order valence-corrected chi connectivity index (χ2v) is 14.9. The minimum atomic E-state index is -1.06. The summed E-state index contributed by atoms with van der Waals surface area (Å²) in [5, 5.41) is 18.1. The first-order valence-corrected chi connectivity index (χ1v) is 16.1. The number of amides is 2. The third-order valence-corrected chi connectivity index (χ3v) is 7.83. The second-order valence-electron chi connectivity index (χ2n) is 14.9. The second kappa shape index (κ2) is 15.0. The monoisotopic (exact) mass is 692 g/mol. The zero-order chi connectivity index (χ0) is 37.1. The molecule has 4 rings (SSSR count). The van der Waals surface area contributed by atoms with Crippen LogP contribution in [-0.4, -0.2) is 86.3 Å². The van der Waals surface area contributed by atoms with E-state index in [1.54, 1.807) is 106 Å². The van der Waals surface area contributed by atoms with E-state index >= 15 is 0 Å². The average molecular weight is 693 g/mol. The molecule has 2 saturated heterocycles. The first-order valence-electron chi connectivity index (χ1n) is 16.1. The SMILES string of the molecule is CC(C)(C)OC(=O)N1[C@H](CF)[C@@H](c2ccc(C(=O)O)cc2)OC1(C)C.CC(C)(C)OC(=O)N1[C@H](CF)[C@@H](c2ccc(CO)cc2)OC1(C)C. The number of benzene rings is 2. The van der Waals surface area contributed by atoms with Crippen molar-refractivity contribution in [2.24, 2.45) is 0 Å². The molecule has 2 fully saturated rings. The Morgan fingerprint density at radius 1 is 0.714 bits per heavy atom. The molecule has 0 bridgehead atoms. The third-order valence-electron chi connectivity index (χ3n) is 7.83. The number of rotatable bonds is 6. The molecular weight excluding hydrogens is 642 g/mol. The first-order chi connectivity index (χ1) is 22.5. The van der Waals surface area contributed by atoms with E-state index < -0.39 is 78.4 Å². The van der Waals surface area contributed by atoms with Crippen LogP contribution in [0.1, 0.15) is 108 Å². The van der Waals surface area contributed by atoms with Crippen molar-refractivity contribution >= 4 is 18.2 Å². The molecule has 0 radical (unpaired) electrons. The van der Waals surface area contributed by atoms with Crippen molar-refractivity contribution in [3.05, 3.63) is 70.8 Å². The Bertz CT molecular complexity index is 1450. The van der Waals surface area contributed by atoms with Crippen molar-refractivity contribution in [3.63, 3.8) is 0 Å². The normalized spacial score (nSPS) is 23.0. The standard InChI is InChI=1S/C18H24FNO5.C18H26FNO4/c1-17(2,3)25-16(23)20-13(10-19)14(24-18(20,4)5)11-6-8-12(9-7-11)15(21)22;1-17(2,3)24-16(22)20-14(10-19)15(23-18(20,4)5)13-8-6-12(11-21)7-9-13/h6-9,13-14H,10H2,1-5H3,(H,21,22);6-9,14-15,21H,10-11H2,1-5H3/t13-,14-;14-,15-/m11/s1. The van der Waals surface area contributed by atoms with Crippen molar-refractivity contribution < 1.29 is 52.3 Å². The number of alkyl halides is 2. The lowest BCUT2D eigenvalue weighted by Crippen LogP contribution is -2.50. The summed E-state index contributed by atoms with van der Waals surface area (Å²) in [5.74, 6) is -1.04. The summed E-state index contributed by atoms with van der Waals surface area (Å²) >= 11 is 0. The van der Waals surface area contributed by atoms with Gasteiger partial charge in [0.25, 0.3) is 0 Å². The minimum Gasteiger partial charge on any atom is -0.478 e.